The van der Waals surface area contributed by atoms with Crippen molar-refractivity contribution in [3.05, 3.63) is 121 Å². The van der Waals surface area contributed by atoms with Gasteiger partial charge in [-0.3, -0.25) is 14.4 Å². The minimum Gasteiger partial charge on any atom is -1.00 e. The molecule has 454 valence electrons. The average molecular weight is 1260 g/mol. The van der Waals surface area contributed by atoms with E-state index in [4.69, 9.17) is 56.0 Å². The van der Waals surface area contributed by atoms with Crippen LogP contribution in [0, 0.1) is 87.9 Å². The minimum atomic E-state index is -0.667. The van der Waals surface area contributed by atoms with Crippen LogP contribution in [0.2, 0.25) is 0 Å². The maximum atomic E-state index is 13.8. The maximum Gasteiger partial charge on any atom is 2.00 e. The minimum absolute atomic E-state index is 0. The van der Waals surface area contributed by atoms with E-state index in [-0.39, 0.29) is 68.6 Å². The molecule has 0 bridgehead atoms. The zero-order valence-electron chi connectivity index (χ0n) is 54.7. The first kappa shape index (κ1) is 74.2. The van der Waals surface area contributed by atoms with Gasteiger partial charge in [0.15, 0.2) is 5.78 Å². The van der Waals surface area contributed by atoms with Crippen molar-refractivity contribution >= 4 is 107 Å². The average Bonchev–Trinajstić information content (AvgIpc) is 1.69. The fourth-order valence-electron chi connectivity index (χ4n) is 19.5. The molecule has 0 unspecified atom stereocenters. The number of halogens is 1. The Hall–Kier alpha value is -2.24. The summed E-state index contributed by atoms with van der Waals surface area (Å²) < 4.78 is 4.94. The van der Waals surface area contributed by atoms with Gasteiger partial charge in [0.05, 0.1) is 18.3 Å². The van der Waals surface area contributed by atoms with Crippen molar-refractivity contribution in [3.8, 4) is 22.3 Å². The number of hydrogen-bond donors (Lipinski definition) is 2. The molecule has 1 amide bonds. The van der Waals surface area contributed by atoms with Gasteiger partial charge in [0, 0.05) is 110 Å². The molecule has 8 aliphatic carbocycles. The van der Waals surface area contributed by atoms with Crippen LogP contribution in [0.4, 0.5) is 0 Å². The summed E-state index contributed by atoms with van der Waals surface area (Å²) in [6, 6.07) is 40.1. The first-order valence-corrected chi connectivity index (χ1v) is 33.6. The van der Waals surface area contributed by atoms with Crippen LogP contribution in [0.15, 0.2) is 109 Å². The molecule has 16 atom stereocenters. The number of rotatable bonds is 9. The van der Waals surface area contributed by atoms with Crippen LogP contribution >= 0.6 is 0 Å². The number of ether oxygens (including phenoxy) is 1. The molecule has 89 heavy (non-hydrogen) atoms. The van der Waals surface area contributed by atoms with Crippen molar-refractivity contribution in [2.75, 3.05) is 27.4 Å². The Balaban J connectivity index is 0.000000180. The molecule has 7 nitrogen and oxygen atoms in total. The van der Waals surface area contributed by atoms with E-state index in [0.717, 1.165) is 105 Å². The zero-order valence-corrected chi connectivity index (χ0v) is 57.7. The summed E-state index contributed by atoms with van der Waals surface area (Å²) >= 11 is 0. The van der Waals surface area contributed by atoms with Gasteiger partial charge in [0.25, 0.3) is 0 Å². The third-order valence-corrected chi connectivity index (χ3v) is 23.9. The number of nitrogens with zero attached hydrogens (tertiary/aromatic N) is 1. The van der Waals surface area contributed by atoms with Crippen LogP contribution in [-0.4, -0.2) is 161 Å². The number of benzene rings is 4. The van der Waals surface area contributed by atoms with E-state index >= 15 is 0 Å². The van der Waals surface area contributed by atoms with Crippen molar-refractivity contribution in [1.82, 2.24) is 5.06 Å². The summed E-state index contributed by atoms with van der Waals surface area (Å²) in [6.45, 7) is 10.9. The van der Waals surface area contributed by atoms with Crippen LogP contribution in [0.5, 0.6) is 0 Å². The Bertz CT molecular complexity index is 2750. The monoisotopic (exact) mass is 1260 g/mol. The maximum absolute atomic E-state index is 13.8. The summed E-state index contributed by atoms with van der Waals surface area (Å²) in [5, 5.41) is 22.6. The number of carbonyl (C=O) groups is 2. The Morgan fingerprint density at radius 1 is 0.528 bits per heavy atom. The Labute approximate surface area is 573 Å². The van der Waals surface area contributed by atoms with E-state index in [1.165, 1.54) is 117 Å². The van der Waals surface area contributed by atoms with Gasteiger partial charge in [-0.1, -0.05) is 98.8 Å². The van der Waals surface area contributed by atoms with E-state index in [9.17, 15) is 19.8 Å². The van der Waals surface area contributed by atoms with Crippen molar-refractivity contribution in [3.63, 3.8) is 0 Å². The largest absolute Gasteiger partial charge is 2.00 e. The first-order chi connectivity index (χ1) is 41.6. The molecule has 1 aliphatic heterocycles. The van der Waals surface area contributed by atoms with Gasteiger partial charge in [0.1, 0.15) is 0 Å². The molecule has 9 fully saturated rings. The smallest absolute Gasteiger partial charge is 1.00 e. The molecule has 1 heterocycles. The topological polar surface area (TPSA) is 96.3 Å². The normalized spacial score (nSPS) is 34.1. The summed E-state index contributed by atoms with van der Waals surface area (Å²) in [5.41, 5.74) is 5.20. The van der Waals surface area contributed by atoms with Crippen molar-refractivity contribution in [2.24, 2.45) is 81.8 Å². The molecule has 0 spiro atoms. The van der Waals surface area contributed by atoms with E-state index < -0.39 is 36.7 Å². The fraction of sp³-hybridized carbons (Fsp3) is 0.629. The Morgan fingerprint density at radius 3 is 1.34 bits per heavy atom. The number of Topliss-reactive ketones (excluding diaryl/α,β-unsaturated/α-hetero) is 1. The zero-order chi connectivity index (χ0) is 62.3. The van der Waals surface area contributed by atoms with Crippen molar-refractivity contribution < 1.29 is 46.4 Å². The second kappa shape index (κ2) is 32.9. The van der Waals surface area contributed by atoms with E-state index in [1.54, 1.807) is 14.2 Å². The predicted octanol–water partition coefficient (Wildman–Crippen LogP) is 8.35. The Morgan fingerprint density at radius 2 is 0.933 bits per heavy atom. The molecule has 12 radical (unpaired) electrons. The van der Waals surface area contributed by atoms with Gasteiger partial charge in [-0.15, -0.1) is 5.56 Å². The second-order valence-corrected chi connectivity index (χ2v) is 29.3. The number of aliphatic hydroxyl groups is 2. The molecular weight excluding hydrogens is 1160 g/mol. The molecule has 4 aromatic carbocycles. The third-order valence-electron chi connectivity index (χ3n) is 23.9. The van der Waals surface area contributed by atoms with E-state index in [2.05, 4.69) is 92.7 Å². The summed E-state index contributed by atoms with van der Waals surface area (Å²) in [4.78, 5) is 31.9. The second-order valence-electron chi connectivity index (χ2n) is 29.3. The number of hydroxylamine groups is 2. The number of carbonyl (C=O) groups excluding carboxylic acids is 2. The van der Waals surface area contributed by atoms with Crippen LogP contribution in [0.25, 0.3) is 22.3 Å². The molecule has 9 aliphatic rings. The molecule has 19 heteroatoms. The quantitative estimate of drug-likeness (QED) is 0.0758. The molecule has 0 aromatic heterocycles. The predicted molar refractivity (Wildman–Crippen MR) is 372 cm³/mol. The molecule has 13 rings (SSSR count). The van der Waals surface area contributed by atoms with E-state index in [0.29, 0.717) is 17.6 Å². The van der Waals surface area contributed by atoms with Crippen LogP contribution in [0.3, 0.4) is 0 Å². The van der Waals surface area contributed by atoms with Crippen molar-refractivity contribution in [1.29, 1.82) is 0 Å². The summed E-state index contributed by atoms with van der Waals surface area (Å²) in [5.74, 6) is 8.57. The molecule has 2 N–H and O–H groups in total. The third kappa shape index (κ3) is 17.6. The number of amides is 1. The van der Waals surface area contributed by atoms with Gasteiger partial charge in [-0.05, 0) is 229 Å². The van der Waals surface area contributed by atoms with Gasteiger partial charge in [-0.25, -0.2) is 5.06 Å². The number of hydrogen-bond acceptors (Lipinski definition) is 6. The number of ketones is 1. The summed E-state index contributed by atoms with van der Waals surface area (Å²) in [7, 11) is 35.1. The Kier molecular flexibility index (Phi) is 27.4. The van der Waals surface area contributed by atoms with Crippen molar-refractivity contribution in [2.45, 2.75) is 167 Å². The SMILES string of the molecule is C1CCOC1.CON(C)C(=O)[C@H]1CC[C@H]2[C@@H]3CC[C@@H]4C[C@](C)(O)CC[C@@H]4[C@H]3CC[C@]12C.C[C@@]1(O)CC[C@H]2[C@H](CC[C@@H]3[C@@H]2CC[C@]2(C)[C@@H](C(=O)c4ccc(-c5ccccc5)cc4)CC[C@@H]32)C1.[B]B([B])B(B([B])[B])B([B])[B].[Br-].[Mg+2].[c-]1ccc(-c2ccccc2)cc1. The van der Waals surface area contributed by atoms with Gasteiger partial charge in [-0.2, -0.15) is 30.3 Å². The van der Waals surface area contributed by atoms with Crippen LogP contribution in [-0.2, 0) is 14.4 Å². The van der Waals surface area contributed by atoms with Crippen LogP contribution < -0.4 is 17.0 Å². The van der Waals surface area contributed by atoms with E-state index in [1.807, 2.05) is 50.2 Å². The molecule has 1 saturated heterocycles. The van der Waals surface area contributed by atoms with Gasteiger partial charge < -0.3 is 31.9 Å². The standard InChI is InChI=1S/C32H40O2.C22H37NO3.C12H9.C4H8O.B10.BrH.Mg/c1-31(34)18-16-25-24(20-31)12-13-27-26(25)17-19-32(2)28(27)14-15-29(32)30(33)23-10-8-22(9-11-23)21-6-4-3-5-7-21;1-21(25)11-9-15-14(13-21)5-6-17-16(15)10-12-22(2)18(17)7-8-19(22)20(24)23(3)26-4;1-3-7-11(8-4-1)12-9-5-2-6-10-12;1-2-4-5-3-1;1-7(2)10(8(3)4)9(5)6;;/h3-11,24-29,34H,12-20H2,1-2H3;14-19,25H,5-13H2,1-4H3;1,3-10H;1-4H2;;1H;/q;;-1;;;;+2/p-1/t24-,25+,26-,27-,28+,29-,31-,32+;14-,15+,16-,17-,18+,19-,21-,22+;;;;;/m11...../s1. The summed E-state index contributed by atoms with van der Waals surface area (Å²) in [6.07, 6.45) is 21.2. The first-order valence-electron chi connectivity index (χ1n) is 33.6. The molecule has 4 aromatic rings. The fourth-order valence-corrected chi connectivity index (χ4v) is 19.5. The van der Waals surface area contributed by atoms with Crippen LogP contribution in [0.1, 0.15) is 166 Å². The van der Waals surface area contributed by atoms with Gasteiger partial charge in [0.2, 0.25) is 5.91 Å². The molecular formula is C70H94B10BrMgNO6. The molecule has 8 saturated carbocycles. The van der Waals surface area contributed by atoms with Gasteiger partial charge >= 0.3 is 23.1 Å². The number of fused-ring (bicyclic) bond motifs is 10.